The molecule has 3 N–H and O–H groups in total. The molecule has 2 aromatic rings. The van der Waals surface area contributed by atoms with E-state index in [-0.39, 0.29) is 17.4 Å². The molecule has 0 atom stereocenters. The highest BCUT2D eigenvalue weighted by Gasteiger charge is 2.11. The van der Waals surface area contributed by atoms with Crippen molar-refractivity contribution in [2.45, 2.75) is 6.92 Å². The second-order valence-corrected chi connectivity index (χ2v) is 3.61. The Hall–Kier alpha value is -2.43. The maximum Gasteiger partial charge on any atom is 0.278 e. The Kier molecular flexibility index (Phi) is 3.00. The molecule has 0 aliphatic heterocycles. The number of carbonyl (C=O) groups excluding carboxylic acids is 1. The summed E-state index contributed by atoms with van der Waals surface area (Å²) in [6, 6.07) is 7.46. The van der Waals surface area contributed by atoms with Crippen molar-refractivity contribution in [3.05, 3.63) is 47.9 Å². The molecule has 0 saturated heterocycles. The van der Waals surface area contributed by atoms with E-state index in [1.165, 1.54) is 12.4 Å². The summed E-state index contributed by atoms with van der Waals surface area (Å²) >= 11 is 0. The predicted molar refractivity (Wildman–Crippen MR) is 65.6 cm³/mol. The maximum atomic E-state index is 11.8. The van der Waals surface area contributed by atoms with Gasteiger partial charge < -0.3 is 11.1 Å². The van der Waals surface area contributed by atoms with Crippen molar-refractivity contribution in [3.63, 3.8) is 0 Å². The van der Waals surface area contributed by atoms with Gasteiger partial charge in [0.1, 0.15) is 0 Å². The Morgan fingerprint density at radius 2 is 1.82 bits per heavy atom. The Morgan fingerprint density at radius 1 is 1.18 bits per heavy atom. The number of amides is 1. The van der Waals surface area contributed by atoms with Gasteiger partial charge in [-0.15, -0.1) is 0 Å². The number of carbonyl (C=O) groups is 1. The van der Waals surface area contributed by atoms with Crippen LogP contribution in [0.25, 0.3) is 0 Å². The van der Waals surface area contributed by atoms with E-state index < -0.39 is 0 Å². The molecule has 1 aromatic carbocycles. The van der Waals surface area contributed by atoms with Crippen molar-refractivity contribution in [3.8, 4) is 0 Å². The predicted octanol–water partition coefficient (Wildman–Crippen LogP) is 1.62. The van der Waals surface area contributed by atoms with Gasteiger partial charge in [-0.2, -0.15) is 0 Å². The largest absolute Gasteiger partial charge is 0.382 e. The smallest absolute Gasteiger partial charge is 0.278 e. The molecule has 0 saturated carbocycles. The minimum atomic E-state index is -0.362. The second kappa shape index (κ2) is 4.61. The fourth-order valence-corrected chi connectivity index (χ4v) is 1.35. The monoisotopic (exact) mass is 228 g/mol. The van der Waals surface area contributed by atoms with Crippen molar-refractivity contribution in [1.29, 1.82) is 0 Å². The summed E-state index contributed by atoms with van der Waals surface area (Å²) in [5.41, 5.74) is 7.52. The number of aromatic nitrogens is 2. The Bertz CT molecular complexity index is 536. The average Bonchev–Trinajstić information content (AvgIpc) is 2.32. The highest BCUT2D eigenvalue weighted by atomic mass is 16.1. The van der Waals surface area contributed by atoms with E-state index in [2.05, 4.69) is 15.3 Å². The van der Waals surface area contributed by atoms with Crippen LogP contribution in [0.5, 0.6) is 0 Å². The molecule has 5 nitrogen and oxygen atoms in total. The molecular formula is C12H12N4O. The third kappa shape index (κ3) is 2.57. The summed E-state index contributed by atoms with van der Waals surface area (Å²) in [7, 11) is 0. The van der Waals surface area contributed by atoms with Gasteiger partial charge in [0, 0.05) is 18.1 Å². The number of aryl methyl sites for hydroxylation is 1. The minimum absolute atomic E-state index is 0.122. The van der Waals surface area contributed by atoms with Crippen LogP contribution in [-0.4, -0.2) is 15.9 Å². The molecule has 0 aliphatic carbocycles. The lowest BCUT2D eigenvalue weighted by atomic mass is 10.2. The van der Waals surface area contributed by atoms with Crippen LogP contribution in [0.2, 0.25) is 0 Å². The summed E-state index contributed by atoms with van der Waals surface area (Å²) in [5.74, 6) is -0.239. The summed E-state index contributed by atoms with van der Waals surface area (Å²) in [4.78, 5) is 19.5. The van der Waals surface area contributed by atoms with Crippen molar-refractivity contribution in [2.75, 3.05) is 11.1 Å². The van der Waals surface area contributed by atoms with E-state index >= 15 is 0 Å². The quantitative estimate of drug-likeness (QED) is 0.818. The lowest BCUT2D eigenvalue weighted by Crippen LogP contribution is -2.16. The van der Waals surface area contributed by atoms with Crippen LogP contribution < -0.4 is 11.1 Å². The van der Waals surface area contributed by atoms with E-state index in [4.69, 9.17) is 5.73 Å². The Labute approximate surface area is 98.7 Å². The van der Waals surface area contributed by atoms with Crippen molar-refractivity contribution >= 4 is 17.4 Å². The number of anilines is 2. The summed E-state index contributed by atoms with van der Waals surface area (Å²) in [5, 5.41) is 2.70. The molecule has 2 rings (SSSR count). The number of nitrogen functional groups attached to an aromatic ring is 1. The van der Waals surface area contributed by atoms with Crippen LogP contribution in [0, 0.1) is 6.92 Å². The van der Waals surface area contributed by atoms with Gasteiger partial charge in [0.25, 0.3) is 5.91 Å². The van der Waals surface area contributed by atoms with Crippen LogP contribution in [0.15, 0.2) is 36.7 Å². The first-order valence-electron chi connectivity index (χ1n) is 5.11. The highest BCUT2D eigenvalue weighted by molar-refractivity contribution is 6.05. The van der Waals surface area contributed by atoms with Gasteiger partial charge in [-0.3, -0.25) is 4.79 Å². The zero-order chi connectivity index (χ0) is 12.3. The summed E-state index contributed by atoms with van der Waals surface area (Å²) in [6.07, 6.45) is 2.87. The molecule has 1 heterocycles. The molecule has 0 spiro atoms. The van der Waals surface area contributed by atoms with Crippen LogP contribution in [0.3, 0.4) is 0 Å². The standard InChI is InChI=1S/C12H12N4O/c1-8-2-4-9(5-3-8)16-12(17)10-11(13)15-7-6-14-10/h2-7H,1H3,(H2,13,15)(H,16,17). The SMILES string of the molecule is Cc1ccc(NC(=O)c2nccnc2N)cc1. The van der Waals surface area contributed by atoms with E-state index in [0.717, 1.165) is 5.56 Å². The number of hydrogen-bond acceptors (Lipinski definition) is 4. The molecule has 86 valence electrons. The minimum Gasteiger partial charge on any atom is -0.382 e. The van der Waals surface area contributed by atoms with Gasteiger partial charge >= 0.3 is 0 Å². The molecule has 1 amide bonds. The van der Waals surface area contributed by atoms with Crippen molar-refractivity contribution in [1.82, 2.24) is 9.97 Å². The lowest BCUT2D eigenvalue weighted by molar-refractivity contribution is 0.102. The Morgan fingerprint density at radius 3 is 2.47 bits per heavy atom. The third-order valence-corrected chi connectivity index (χ3v) is 2.25. The van der Waals surface area contributed by atoms with E-state index in [9.17, 15) is 4.79 Å². The number of nitrogens with zero attached hydrogens (tertiary/aromatic N) is 2. The van der Waals surface area contributed by atoms with Crippen LogP contribution >= 0.6 is 0 Å². The number of hydrogen-bond donors (Lipinski definition) is 2. The first-order chi connectivity index (χ1) is 8.16. The second-order valence-electron chi connectivity index (χ2n) is 3.61. The number of rotatable bonds is 2. The van der Waals surface area contributed by atoms with Crippen molar-refractivity contribution in [2.24, 2.45) is 0 Å². The van der Waals surface area contributed by atoms with Crippen LogP contribution in [0.4, 0.5) is 11.5 Å². The maximum absolute atomic E-state index is 11.8. The molecule has 5 heteroatoms. The molecular weight excluding hydrogens is 216 g/mol. The third-order valence-electron chi connectivity index (χ3n) is 2.25. The van der Waals surface area contributed by atoms with Gasteiger partial charge in [-0.25, -0.2) is 9.97 Å². The summed E-state index contributed by atoms with van der Waals surface area (Å²) in [6.45, 7) is 1.98. The number of nitrogens with two attached hydrogens (primary N) is 1. The number of benzene rings is 1. The molecule has 0 unspecified atom stereocenters. The molecule has 0 radical (unpaired) electrons. The molecule has 0 fully saturated rings. The Balaban J connectivity index is 2.17. The highest BCUT2D eigenvalue weighted by Crippen LogP contribution is 2.11. The van der Waals surface area contributed by atoms with E-state index in [1.807, 2.05) is 31.2 Å². The van der Waals surface area contributed by atoms with E-state index in [1.54, 1.807) is 0 Å². The molecule has 1 aromatic heterocycles. The lowest BCUT2D eigenvalue weighted by Gasteiger charge is -2.05. The summed E-state index contributed by atoms with van der Waals surface area (Å²) < 4.78 is 0. The zero-order valence-electron chi connectivity index (χ0n) is 9.34. The topological polar surface area (TPSA) is 80.9 Å². The first kappa shape index (κ1) is 11.1. The van der Waals surface area contributed by atoms with Gasteiger partial charge in [-0.1, -0.05) is 17.7 Å². The van der Waals surface area contributed by atoms with Crippen LogP contribution in [0.1, 0.15) is 16.1 Å². The van der Waals surface area contributed by atoms with Gasteiger partial charge in [-0.05, 0) is 19.1 Å². The van der Waals surface area contributed by atoms with Crippen molar-refractivity contribution < 1.29 is 4.79 Å². The normalized spacial score (nSPS) is 9.94. The van der Waals surface area contributed by atoms with Crippen LogP contribution in [-0.2, 0) is 0 Å². The molecule has 0 aliphatic rings. The fourth-order valence-electron chi connectivity index (χ4n) is 1.35. The van der Waals surface area contributed by atoms with E-state index in [0.29, 0.717) is 5.69 Å². The zero-order valence-corrected chi connectivity index (χ0v) is 9.34. The molecule has 17 heavy (non-hydrogen) atoms. The van der Waals surface area contributed by atoms with Gasteiger partial charge in [0.15, 0.2) is 11.5 Å². The number of nitrogens with one attached hydrogen (secondary N) is 1. The average molecular weight is 228 g/mol. The fraction of sp³-hybridized carbons (Fsp3) is 0.0833. The first-order valence-corrected chi connectivity index (χ1v) is 5.11. The molecule has 0 bridgehead atoms. The van der Waals surface area contributed by atoms with Gasteiger partial charge in [0.2, 0.25) is 0 Å². The van der Waals surface area contributed by atoms with Gasteiger partial charge in [0.05, 0.1) is 0 Å².